The van der Waals surface area contributed by atoms with E-state index in [-0.39, 0.29) is 17.3 Å². The van der Waals surface area contributed by atoms with Crippen LogP contribution in [0.15, 0.2) is 83.8 Å². The fourth-order valence-electron chi connectivity index (χ4n) is 4.23. The summed E-state index contributed by atoms with van der Waals surface area (Å²) >= 11 is 0. The van der Waals surface area contributed by atoms with Gasteiger partial charge in [0.2, 0.25) is 10.0 Å². The Bertz CT molecular complexity index is 1220. The highest BCUT2D eigenvalue weighted by Gasteiger charge is 2.17. The Hall–Kier alpha value is -3.20. The van der Waals surface area contributed by atoms with Crippen molar-refractivity contribution in [1.29, 1.82) is 0 Å². The number of hydrogen-bond donors (Lipinski definition) is 2. The SMILES string of the molecule is Cc1ccc(S(=O)(=O)NCc2ccc(C(=O)NCCCN3CCN(c4ccccc4)CC3)cc2)cc1. The predicted molar refractivity (Wildman–Crippen MR) is 144 cm³/mol. The normalized spacial score (nSPS) is 14.5. The van der Waals surface area contributed by atoms with Gasteiger partial charge in [-0.15, -0.1) is 0 Å². The van der Waals surface area contributed by atoms with E-state index in [2.05, 4.69) is 44.1 Å². The monoisotopic (exact) mass is 506 g/mol. The van der Waals surface area contributed by atoms with Gasteiger partial charge in [-0.2, -0.15) is 0 Å². The molecular weight excluding hydrogens is 472 g/mol. The first kappa shape index (κ1) is 25.9. The topological polar surface area (TPSA) is 81.7 Å². The van der Waals surface area contributed by atoms with Crippen molar-refractivity contribution in [3.8, 4) is 0 Å². The van der Waals surface area contributed by atoms with Gasteiger partial charge in [0.1, 0.15) is 0 Å². The summed E-state index contributed by atoms with van der Waals surface area (Å²) in [5, 5.41) is 2.99. The lowest BCUT2D eigenvalue weighted by Gasteiger charge is -2.36. The Labute approximate surface area is 214 Å². The summed E-state index contributed by atoms with van der Waals surface area (Å²) in [5.41, 5.74) is 3.64. The number of nitrogens with one attached hydrogen (secondary N) is 2. The summed E-state index contributed by atoms with van der Waals surface area (Å²) in [7, 11) is -3.58. The number of aryl methyl sites for hydroxylation is 1. The van der Waals surface area contributed by atoms with E-state index in [4.69, 9.17) is 0 Å². The molecule has 0 aromatic heterocycles. The molecule has 0 radical (unpaired) electrons. The highest BCUT2D eigenvalue weighted by Crippen LogP contribution is 2.15. The summed E-state index contributed by atoms with van der Waals surface area (Å²) in [6.45, 7) is 7.74. The van der Waals surface area contributed by atoms with E-state index >= 15 is 0 Å². The maximum atomic E-state index is 12.5. The molecule has 1 amide bonds. The molecule has 0 saturated carbocycles. The van der Waals surface area contributed by atoms with Crippen molar-refractivity contribution in [3.05, 3.63) is 95.6 Å². The van der Waals surface area contributed by atoms with Crippen molar-refractivity contribution < 1.29 is 13.2 Å². The van der Waals surface area contributed by atoms with Gasteiger partial charge < -0.3 is 10.2 Å². The van der Waals surface area contributed by atoms with E-state index in [1.165, 1.54) is 5.69 Å². The van der Waals surface area contributed by atoms with Crippen molar-refractivity contribution >= 4 is 21.6 Å². The summed E-state index contributed by atoms with van der Waals surface area (Å²) in [6, 6.07) is 24.2. The van der Waals surface area contributed by atoms with Crippen molar-refractivity contribution in [3.63, 3.8) is 0 Å². The number of piperazine rings is 1. The number of nitrogens with zero attached hydrogens (tertiary/aromatic N) is 2. The Morgan fingerprint density at radius 3 is 2.19 bits per heavy atom. The molecule has 36 heavy (non-hydrogen) atoms. The first-order valence-electron chi connectivity index (χ1n) is 12.4. The molecule has 3 aromatic carbocycles. The van der Waals surface area contributed by atoms with Crippen LogP contribution in [-0.2, 0) is 16.6 Å². The smallest absolute Gasteiger partial charge is 0.251 e. The molecule has 0 aliphatic carbocycles. The molecule has 0 atom stereocenters. The minimum Gasteiger partial charge on any atom is -0.369 e. The molecule has 1 heterocycles. The van der Waals surface area contributed by atoms with Gasteiger partial charge in [-0.05, 0) is 61.9 Å². The number of rotatable bonds is 10. The van der Waals surface area contributed by atoms with Crippen LogP contribution in [0.2, 0.25) is 0 Å². The average Bonchev–Trinajstić information content (AvgIpc) is 2.91. The molecule has 0 bridgehead atoms. The summed E-state index contributed by atoms with van der Waals surface area (Å²) < 4.78 is 27.5. The van der Waals surface area contributed by atoms with Crippen molar-refractivity contribution in [2.24, 2.45) is 0 Å². The molecule has 190 valence electrons. The quantitative estimate of drug-likeness (QED) is 0.412. The first-order valence-corrected chi connectivity index (χ1v) is 13.8. The minimum atomic E-state index is -3.58. The lowest BCUT2D eigenvalue weighted by Crippen LogP contribution is -2.47. The molecule has 4 rings (SSSR count). The number of benzene rings is 3. The minimum absolute atomic E-state index is 0.115. The van der Waals surface area contributed by atoms with E-state index in [0.29, 0.717) is 12.1 Å². The van der Waals surface area contributed by atoms with Crippen molar-refractivity contribution in [1.82, 2.24) is 14.9 Å². The molecule has 1 aliphatic heterocycles. The summed E-state index contributed by atoms with van der Waals surface area (Å²) in [4.78, 5) is 17.6. The highest BCUT2D eigenvalue weighted by atomic mass is 32.2. The predicted octanol–water partition coefficient (Wildman–Crippen LogP) is 3.42. The van der Waals surface area contributed by atoms with Crippen molar-refractivity contribution in [2.45, 2.75) is 24.8 Å². The van der Waals surface area contributed by atoms with Gasteiger partial charge >= 0.3 is 0 Å². The Morgan fingerprint density at radius 1 is 0.861 bits per heavy atom. The maximum absolute atomic E-state index is 12.5. The molecule has 1 aliphatic rings. The molecule has 1 saturated heterocycles. The number of hydrogen-bond acceptors (Lipinski definition) is 5. The summed E-state index contributed by atoms with van der Waals surface area (Å²) in [6.07, 6.45) is 0.899. The van der Waals surface area contributed by atoms with E-state index in [1.54, 1.807) is 48.5 Å². The standard InChI is InChI=1S/C28H34N4O3S/c1-23-8-14-27(15-9-23)36(34,35)30-22-24-10-12-25(13-11-24)28(33)29-16-5-17-31-18-20-32(21-19-31)26-6-3-2-4-7-26/h2-4,6-15,30H,5,16-22H2,1H3,(H,29,33). The van der Waals surface area contributed by atoms with Crippen LogP contribution in [-0.4, -0.2) is 58.5 Å². The van der Waals surface area contributed by atoms with Gasteiger partial charge in [0, 0.05) is 50.5 Å². The van der Waals surface area contributed by atoms with Crippen LogP contribution in [0, 0.1) is 6.92 Å². The van der Waals surface area contributed by atoms with Gasteiger partial charge in [0.25, 0.3) is 5.91 Å². The van der Waals surface area contributed by atoms with Crippen LogP contribution < -0.4 is 14.9 Å². The van der Waals surface area contributed by atoms with Gasteiger partial charge in [-0.3, -0.25) is 9.69 Å². The molecule has 2 N–H and O–H groups in total. The van der Waals surface area contributed by atoms with Gasteiger partial charge in [-0.25, -0.2) is 13.1 Å². The van der Waals surface area contributed by atoms with Crippen LogP contribution in [0.25, 0.3) is 0 Å². The molecule has 8 heteroatoms. The maximum Gasteiger partial charge on any atom is 0.251 e. The zero-order valence-corrected chi connectivity index (χ0v) is 21.5. The summed E-state index contributed by atoms with van der Waals surface area (Å²) in [5.74, 6) is -0.115. The molecule has 7 nitrogen and oxygen atoms in total. The zero-order valence-electron chi connectivity index (χ0n) is 20.7. The second-order valence-electron chi connectivity index (χ2n) is 9.11. The number of sulfonamides is 1. The van der Waals surface area contributed by atoms with Crippen LogP contribution in [0.5, 0.6) is 0 Å². The molecule has 1 fully saturated rings. The lowest BCUT2D eigenvalue weighted by atomic mass is 10.1. The molecule has 0 unspecified atom stereocenters. The van der Waals surface area contributed by atoms with E-state index < -0.39 is 10.0 Å². The average molecular weight is 507 g/mol. The Morgan fingerprint density at radius 2 is 1.53 bits per heavy atom. The number of carbonyl (C=O) groups is 1. The second kappa shape index (κ2) is 12.2. The number of carbonyl (C=O) groups excluding carboxylic acids is 1. The van der Waals surface area contributed by atoms with Crippen molar-refractivity contribution in [2.75, 3.05) is 44.2 Å². The largest absolute Gasteiger partial charge is 0.369 e. The zero-order chi connectivity index (χ0) is 25.4. The molecule has 3 aromatic rings. The molecular formula is C28H34N4O3S. The number of para-hydroxylation sites is 1. The highest BCUT2D eigenvalue weighted by molar-refractivity contribution is 7.89. The number of amides is 1. The fourth-order valence-corrected chi connectivity index (χ4v) is 5.25. The Kier molecular flexibility index (Phi) is 8.74. The second-order valence-corrected chi connectivity index (χ2v) is 10.9. The van der Waals surface area contributed by atoms with E-state index in [0.717, 1.165) is 50.3 Å². The van der Waals surface area contributed by atoms with Gasteiger partial charge in [0.05, 0.1) is 4.90 Å². The Balaban J connectivity index is 1.15. The van der Waals surface area contributed by atoms with Crippen LogP contribution in [0.3, 0.4) is 0 Å². The van der Waals surface area contributed by atoms with E-state index in [9.17, 15) is 13.2 Å². The third kappa shape index (κ3) is 7.16. The number of anilines is 1. The van der Waals surface area contributed by atoms with Crippen LogP contribution >= 0.6 is 0 Å². The van der Waals surface area contributed by atoms with Crippen LogP contribution in [0.1, 0.15) is 27.9 Å². The molecule has 0 spiro atoms. The lowest BCUT2D eigenvalue weighted by molar-refractivity contribution is 0.0951. The third-order valence-electron chi connectivity index (χ3n) is 6.44. The van der Waals surface area contributed by atoms with E-state index in [1.807, 2.05) is 13.0 Å². The third-order valence-corrected chi connectivity index (χ3v) is 7.86. The first-order chi connectivity index (χ1) is 17.4. The van der Waals surface area contributed by atoms with Gasteiger partial charge in [-0.1, -0.05) is 48.0 Å². The fraction of sp³-hybridized carbons (Fsp3) is 0.321. The van der Waals surface area contributed by atoms with Crippen LogP contribution in [0.4, 0.5) is 5.69 Å². The van der Waals surface area contributed by atoms with Gasteiger partial charge in [0.15, 0.2) is 0 Å².